The molecule has 30 heavy (non-hydrogen) atoms. The first kappa shape index (κ1) is 18.8. The van der Waals surface area contributed by atoms with E-state index in [0.717, 1.165) is 35.6 Å². The summed E-state index contributed by atoms with van der Waals surface area (Å²) in [6.45, 7) is 1.82. The molecule has 1 aliphatic rings. The van der Waals surface area contributed by atoms with Crippen molar-refractivity contribution in [3.63, 3.8) is 0 Å². The molecule has 0 radical (unpaired) electrons. The highest BCUT2D eigenvalue weighted by atomic mass is 35.5. The lowest BCUT2D eigenvalue weighted by atomic mass is 10.1. The first-order valence-corrected chi connectivity index (χ1v) is 10.1. The molecular weight excluding hydrogens is 400 g/mol. The van der Waals surface area contributed by atoms with Gasteiger partial charge in [-0.25, -0.2) is 9.97 Å². The summed E-state index contributed by atoms with van der Waals surface area (Å²) >= 11 is 6.05. The molecule has 0 amide bonds. The molecule has 0 spiro atoms. The van der Waals surface area contributed by atoms with E-state index in [0.29, 0.717) is 34.6 Å². The Hall–Kier alpha value is -3.22. The zero-order valence-corrected chi connectivity index (χ0v) is 16.9. The zero-order chi connectivity index (χ0) is 20.7. The van der Waals surface area contributed by atoms with Crippen molar-refractivity contribution in [3.05, 3.63) is 86.8 Å². The van der Waals surface area contributed by atoms with Crippen molar-refractivity contribution in [1.29, 1.82) is 0 Å². The Morgan fingerprint density at radius 2 is 2.00 bits per heavy atom. The highest BCUT2D eigenvalue weighted by molar-refractivity contribution is 6.31. The molecule has 3 heterocycles. The molecule has 2 aromatic carbocycles. The number of halogens is 1. The molecule has 0 saturated heterocycles. The normalized spacial score (nSPS) is 14.0. The van der Waals surface area contributed by atoms with Gasteiger partial charge in [-0.2, -0.15) is 0 Å². The van der Waals surface area contributed by atoms with Crippen LogP contribution in [0.3, 0.4) is 0 Å². The fourth-order valence-electron chi connectivity index (χ4n) is 3.83. The maximum atomic E-state index is 13.0. The molecule has 2 aromatic heterocycles. The van der Waals surface area contributed by atoms with E-state index in [1.165, 1.54) is 0 Å². The first-order valence-electron chi connectivity index (χ1n) is 9.72. The quantitative estimate of drug-likeness (QED) is 0.540. The Morgan fingerprint density at radius 3 is 2.83 bits per heavy atom. The van der Waals surface area contributed by atoms with Crippen molar-refractivity contribution in [2.75, 3.05) is 12.3 Å². The van der Waals surface area contributed by atoms with Crippen LogP contribution >= 0.6 is 11.6 Å². The van der Waals surface area contributed by atoms with Gasteiger partial charge in [0.05, 0.1) is 16.6 Å². The summed E-state index contributed by atoms with van der Waals surface area (Å²) in [5.41, 5.74) is 9.94. The molecule has 2 N–H and O–H groups in total. The van der Waals surface area contributed by atoms with Gasteiger partial charge in [-0.3, -0.25) is 9.69 Å². The molecule has 1 aliphatic heterocycles. The molecule has 4 aromatic rings. The van der Waals surface area contributed by atoms with Crippen LogP contribution in [0.15, 0.2) is 63.9 Å². The SMILES string of the molecule is Nc1oc2ccc(Cl)cc2c(=O)c1CN1CCc2nc(-c3ccccc3)ncc2C1. The summed E-state index contributed by atoms with van der Waals surface area (Å²) in [4.78, 5) is 24.4. The van der Waals surface area contributed by atoms with Crippen molar-refractivity contribution < 1.29 is 4.42 Å². The van der Waals surface area contributed by atoms with Gasteiger partial charge < -0.3 is 10.2 Å². The number of fused-ring (bicyclic) bond motifs is 2. The topological polar surface area (TPSA) is 85.2 Å². The molecule has 0 bridgehead atoms. The minimum Gasteiger partial charge on any atom is -0.440 e. The number of hydrogen-bond acceptors (Lipinski definition) is 6. The Kier molecular flexibility index (Phi) is 4.73. The van der Waals surface area contributed by atoms with Gasteiger partial charge in [0.2, 0.25) is 0 Å². The number of rotatable bonds is 3. The number of aromatic nitrogens is 2. The summed E-state index contributed by atoms with van der Waals surface area (Å²) < 4.78 is 5.67. The van der Waals surface area contributed by atoms with E-state index in [1.54, 1.807) is 18.2 Å². The van der Waals surface area contributed by atoms with Crippen LogP contribution in [-0.2, 0) is 19.5 Å². The third-order valence-electron chi connectivity index (χ3n) is 5.40. The summed E-state index contributed by atoms with van der Waals surface area (Å²) in [6.07, 6.45) is 2.66. The van der Waals surface area contributed by atoms with Gasteiger partial charge in [0.25, 0.3) is 0 Å². The maximum Gasteiger partial charge on any atom is 0.199 e. The Bertz CT molecular complexity index is 1300. The molecule has 0 saturated carbocycles. The van der Waals surface area contributed by atoms with Crippen LogP contribution in [0.5, 0.6) is 0 Å². The number of anilines is 1. The third kappa shape index (κ3) is 3.44. The molecule has 150 valence electrons. The number of nitrogens with zero attached hydrogens (tertiary/aromatic N) is 3. The van der Waals surface area contributed by atoms with Gasteiger partial charge >= 0.3 is 0 Å². The van der Waals surface area contributed by atoms with E-state index in [4.69, 9.17) is 26.7 Å². The third-order valence-corrected chi connectivity index (χ3v) is 5.64. The van der Waals surface area contributed by atoms with Gasteiger partial charge in [-0.05, 0) is 18.2 Å². The van der Waals surface area contributed by atoms with Crippen LogP contribution in [0.2, 0.25) is 5.02 Å². The predicted octanol–water partition coefficient (Wildman–Crippen LogP) is 4.04. The van der Waals surface area contributed by atoms with Gasteiger partial charge in [-0.15, -0.1) is 0 Å². The lowest BCUT2D eigenvalue weighted by molar-refractivity contribution is 0.241. The summed E-state index contributed by atoms with van der Waals surface area (Å²) in [6, 6.07) is 14.9. The molecule has 0 unspecified atom stereocenters. The van der Waals surface area contributed by atoms with Crippen molar-refractivity contribution in [2.45, 2.75) is 19.5 Å². The molecule has 0 fully saturated rings. The van der Waals surface area contributed by atoms with Crippen LogP contribution in [0.1, 0.15) is 16.8 Å². The highest BCUT2D eigenvalue weighted by Crippen LogP contribution is 2.25. The van der Waals surface area contributed by atoms with Crippen LogP contribution in [0, 0.1) is 0 Å². The van der Waals surface area contributed by atoms with Crippen LogP contribution in [-0.4, -0.2) is 21.4 Å². The Balaban J connectivity index is 1.41. The fourth-order valence-corrected chi connectivity index (χ4v) is 4.00. The minimum absolute atomic E-state index is 0.141. The lowest BCUT2D eigenvalue weighted by Gasteiger charge is -2.28. The van der Waals surface area contributed by atoms with E-state index in [-0.39, 0.29) is 11.3 Å². The maximum absolute atomic E-state index is 13.0. The minimum atomic E-state index is -0.141. The first-order chi connectivity index (χ1) is 14.6. The van der Waals surface area contributed by atoms with Crippen molar-refractivity contribution in [1.82, 2.24) is 14.9 Å². The van der Waals surface area contributed by atoms with E-state index in [1.807, 2.05) is 36.5 Å². The number of hydrogen-bond donors (Lipinski definition) is 1. The van der Waals surface area contributed by atoms with E-state index < -0.39 is 0 Å². The monoisotopic (exact) mass is 418 g/mol. The van der Waals surface area contributed by atoms with Crippen LogP contribution < -0.4 is 11.2 Å². The standard InChI is InChI=1S/C23H19ClN4O2/c24-16-6-7-20-17(10-16)21(29)18(22(25)30-20)13-28-9-8-19-15(12-28)11-26-23(27-19)14-4-2-1-3-5-14/h1-7,10-11H,8-9,12-13,25H2. The van der Waals surface area contributed by atoms with E-state index in [9.17, 15) is 4.79 Å². The van der Waals surface area contributed by atoms with Gasteiger partial charge in [-0.1, -0.05) is 41.9 Å². The average molecular weight is 419 g/mol. The molecule has 0 aliphatic carbocycles. The molecular formula is C23H19ClN4O2. The average Bonchev–Trinajstić information content (AvgIpc) is 2.77. The van der Waals surface area contributed by atoms with Crippen molar-refractivity contribution in [2.24, 2.45) is 0 Å². The molecule has 6 nitrogen and oxygen atoms in total. The largest absolute Gasteiger partial charge is 0.440 e. The van der Waals surface area contributed by atoms with Crippen LogP contribution in [0.25, 0.3) is 22.4 Å². The Labute approximate surface area is 177 Å². The number of nitrogen functional groups attached to an aromatic ring is 1. The van der Waals surface area contributed by atoms with Crippen molar-refractivity contribution in [3.8, 4) is 11.4 Å². The van der Waals surface area contributed by atoms with Gasteiger partial charge in [0.1, 0.15) is 5.58 Å². The van der Waals surface area contributed by atoms with Gasteiger partial charge in [0, 0.05) is 48.4 Å². The Morgan fingerprint density at radius 1 is 1.17 bits per heavy atom. The lowest BCUT2D eigenvalue weighted by Crippen LogP contribution is -2.33. The summed E-state index contributed by atoms with van der Waals surface area (Å²) in [5.74, 6) is 0.885. The molecule has 7 heteroatoms. The second-order valence-corrected chi connectivity index (χ2v) is 7.84. The number of nitrogens with two attached hydrogens (primary N) is 1. The number of benzene rings is 2. The molecule has 5 rings (SSSR count). The second-order valence-electron chi connectivity index (χ2n) is 7.41. The van der Waals surface area contributed by atoms with Crippen molar-refractivity contribution >= 4 is 28.5 Å². The van der Waals surface area contributed by atoms with Crippen LogP contribution in [0.4, 0.5) is 5.88 Å². The van der Waals surface area contributed by atoms with E-state index in [2.05, 4.69) is 9.88 Å². The van der Waals surface area contributed by atoms with Gasteiger partial charge in [0.15, 0.2) is 17.1 Å². The summed E-state index contributed by atoms with van der Waals surface area (Å²) in [7, 11) is 0. The second kappa shape index (κ2) is 7.55. The smallest absolute Gasteiger partial charge is 0.199 e. The zero-order valence-electron chi connectivity index (χ0n) is 16.1. The highest BCUT2D eigenvalue weighted by Gasteiger charge is 2.22. The predicted molar refractivity (Wildman–Crippen MR) is 117 cm³/mol. The fraction of sp³-hybridized carbons (Fsp3) is 0.174. The summed E-state index contributed by atoms with van der Waals surface area (Å²) in [5, 5.41) is 0.934. The van der Waals surface area contributed by atoms with E-state index >= 15 is 0 Å². The molecule has 0 atom stereocenters.